The molecular weight excluding hydrogens is 412 g/mol. The molecule has 0 radical (unpaired) electrons. The van der Waals surface area contributed by atoms with Gasteiger partial charge >= 0.3 is 0 Å². The van der Waals surface area contributed by atoms with Crippen molar-refractivity contribution in [1.82, 2.24) is 21.2 Å². The van der Waals surface area contributed by atoms with E-state index in [1.54, 1.807) is 6.07 Å². The molecule has 0 atom stereocenters. The Hall–Kier alpha value is -2.51. The summed E-state index contributed by atoms with van der Waals surface area (Å²) < 4.78 is 0.987. The SMILES string of the molecule is CCNC(=S)NNC(=O)c1cc(-c2ccc(Br)cc2)nc2ccccc12. The number of halogens is 1. The van der Waals surface area contributed by atoms with Crippen LogP contribution in [0.15, 0.2) is 59.1 Å². The number of carbonyl (C=O) groups is 1. The van der Waals surface area contributed by atoms with Gasteiger partial charge in [-0.2, -0.15) is 0 Å². The number of para-hydroxylation sites is 1. The Morgan fingerprint density at radius 2 is 1.85 bits per heavy atom. The minimum Gasteiger partial charge on any atom is -0.362 e. The average molecular weight is 429 g/mol. The number of hydrogen-bond donors (Lipinski definition) is 3. The van der Waals surface area contributed by atoms with E-state index in [4.69, 9.17) is 12.2 Å². The summed E-state index contributed by atoms with van der Waals surface area (Å²) in [6, 6.07) is 17.2. The average Bonchev–Trinajstić information content (AvgIpc) is 2.66. The number of rotatable bonds is 3. The van der Waals surface area contributed by atoms with Gasteiger partial charge < -0.3 is 5.32 Å². The van der Waals surface area contributed by atoms with Crippen LogP contribution < -0.4 is 16.2 Å². The number of nitrogens with one attached hydrogen (secondary N) is 3. The van der Waals surface area contributed by atoms with E-state index >= 15 is 0 Å². The zero-order valence-corrected chi connectivity index (χ0v) is 16.4. The second-order valence-electron chi connectivity index (χ2n) is 5.52. The normalized spacial score (nSPS) is 10.4. The first-order valence-corrected chi connectivity index (χ1v) is 9.28. The number of amides is 1. The summed E-state index contributed by atoms with van der Waals surface area (Å²) in [4.78, 5) is 17.4. The van der Waals surface area contributed by atoms with E-state index < -0.39 is 0 Å². The summed E-state index contributed by atoms with van der Waals surface area (Å²) in [5.74, 6) is -0.276. The highest BCUT2D eigenvalue weighted by Gasteiger charge is 2.14. The Kier molecular flexibility index (Phi) is 5.80. The summed E-state index contributed by atoms with van der Waals surface area (Å²) in [6.07, 6.45) is 0. The van der Waals surface area contributed by atoms with Crippen molar-refractivity contribution in [2.45, 2.75) is 6.92 Å². The van der Waals surface area contributed by atoms with E-state index in [0.29, 0.717) is 17.2 Å². The van der Waals surface area contributed by atoms with Gasteiger partial charge in [-0.05, 0) is 43.4 Å². The lowest BCUT2D eigenvalue weighted by molar-refractivity contribution is 0.0945. The number of hydrazine groups is 1. The highest BCUT2D eigenvalue weighted by Crippen LogP contribution is 2.25. The number of thiocarbonyl (C=S) groups is 1. The van der Waals surface area contributed by atoms with Crippen molar-refractivity contribution in [2.75, 3.05) is 6.54 Å². The molecule has 0 aliphatic heterocycles. The number of nitrogens with zero attached hydrogens (tertiary/aromatic N) is 1. The Balaban J connectivity index is 1.98. The van der Waals surface area contributed by atoms with Gasteiger partial charge in [-0.3, -0.25) is 15.6 Å². The Morgan fingerprint density at radius 1 is 1.12 bits per heavy atom. The Bertz CT molecular complexity index is 959. The molecule has 0 fully saturated rings. The van der Waals surface area contributed by atoms with Crippen LogP contribution in [-0.2, 0) is 0 Å². The second kappa shape index (κ2) is 8.25. The molecule has 0 saturated carbocycles. The van der Waals surface area contributed by atoms with Gasteiger partial charge in [-0.25, -0.2) is 4.98 Å². The van der Waals surface area contributed by atoms with Crippen molar-refractivity contribution in [1.29, 1.82) is 0 Å². The molecule has 26 heavy (non-hydrogen) atoms. The molecule has 3 N–H and O–H groups in total. The van der Waals surface area contributed by atoms with Gasteiger partial charge in [0.2, 0.25) is 0 Å². The van der Waals surface area contributed by atoms with Gasteiger partial charge in [0.05, 0.1) is 16.8 Å². The number of pyridine rings is 1. The molecule has 1 aromatic heterocycles. The van der Waals surface area contributed by atoms with E-state index in [9.17, 15) is 4.79 Å². The maximum absolute atomic E-state index is 12.7. The molecule has 1 heterocycles. The molecule has 0 bridgehead atoms. The minimum atomic E-state index is -0.276. The molecule has 3 aromatic rings. The summed E-state index contributed by atoms with van der Waals surface area (Å²) in [5, 5.41) is 4.07. The maximum atomic E-state index is 12.7. The highest BCUT2D eigenvalue weighted by atomic mass is 79.9. The fourth-order valence-electron chi connectivity index (χ4n) is 2.52. The molecule has 0 aliphatic carbocycles. The van der Waals surface area contributed by atoms with E-state index in [2.05, 4.69) is 37.1 Å². The quantitative estimate of drug-likeness (QED) is 0.437. The Morgan fingerprint density at radius 3 is 2.58 bits per heavy atom. The van der Waals surface area contributed by atoms with Crippen LogP contribution in [0.5, 0.6) is 0 Å². The molecule has 1 amide bonds. The molecule has 3 rings (SSSR count). The fraction of sp³-hybridized carbons (Fsp3) is 0.105. The van der Waals surface area contributed by atoms with Crippen molar-refractivity contribution in [3.05, 3.63) is 64.6 Å². The van der Waals surface area contributed by atoms with Crippen molar-refractivity contribution in [3.63, 3.8) is 0 Å². The number of benzene rings is 2. The molecule has 0 spiro atoms. The van der Waals surface area contributed by atoms with Gasteiger partial charge in [0, 0.05) is 22.0 Å². The van der Waals surface area contributed by atoms with Crippen LogP contribution in [0.4, 0.5) is 0 Å². The van der Waals surface area contributed by atoms with Crippen LogP contribution in [0.2, 0.25) is 0 Å². The summed E-state index contributed by atoms with van der Waals surface area (Å²) in [6.45, 7) is 2.60. The second-order valence-corrected chi connectivity index (χ2v) is 6.84. The third-order valence-corrected chi connectivity index (χ3v) is 4.50. The van der Waals surface area contributed by atoms with Crippen LogP contribution in [-0.4, -0.2) is 22.5 Å². The monoisotopic (exact) mass is 428 g/mol. The lowest BCUT2D eigenvalue weighted by atomic mass is 10.0. The van der Waals surface area contributed by atoms with Crippen LogP contribution >= 0.6 is 28.1 Å². The zero-order chi connectivity index (χ0) is 18.5. The van der Waals surface area contributed by atoms with E-state index in [0.717, 1.165) is 26.6 Å². The number of aromatic nitrogens is 1. The molecule has 5 nitrogen and oxygen atoms in total. The maximum Gasteiger partial charge on any atom is 0.270 e. The first kappa shape index (κ1) is 18.3. The lowest BCUT2D eigenvalue weighted by Crippen LogP contribution is -2.46. The van der Waals surface area contributed by atoms with Crippen LogP contribution in [0.1, 0.15) is 17.3 Å². The van der Waals surface area contributed by atoms with Crippen molar-refractivity contribution < 1.29 is 4.79 Å². The molecule has 0 unspecified atom stereocenters. The van der Waals surface area contributed by atoms with Crippen LogP contribution in [0.3, 0.4) is 0 Å². The fourth-order valence-corrected chi connectivity index (χ4v) is 2.98. The van der Waals surface area contributed by atoms with Crippen LogP contribution in [0.25, 0.3) is 22.2 Å². The smallest absolute Gasteiger partial charge is 0.270 e. The molecule has 2 aromatic carbocycles. The van der Waals surface area contributed by atoms with Crippen molar-refractivity contribution >= 4 is 50.1 Å². The van der Waals surface area contributed by atoms with Gasteiger partial charge in [0.15, 0.2) is 5.11 Å². The molecule has 7 heteroatoms. The summed E-state index contributed by atoms with van der Waals surface area (Å²) >= 11 is 8.51. The molecule has 132 valence electrons. The Labute approximate surface area is 165 Å². The third-order valence-electron chi connectivity index (χ3n) is 3.73. The largest absolute Gasteiger partial charge is 0.362 e. The first-order chi connectivity index (χ1) is 12.6. The van der Waals surface area contributed by atoms with E-state index in [1.165, 1.54) is 0 Å². The highest BCUT2D eigenvalue weighted by molar-refractivity contribution is 9.10. The first-order valence-electron chi connectivity index (χ1n) is 8.08. The molecule has 0 saturated heterocycles. The van der Waals surface area contributed by atoms with E-state index in [1.807, 2.05) is 55.5 Å². The molecule has 0 aliphatic rings. The van der Waals surface area contributed by atoms with E-state index in [-0.39, 0.29) is 5.91 Å². The minimum absolute atomic E-state index is 0.276. The van der Waals surface area contributed by atoms with Crippen LogP contribution in [0, 0.1) is 0 Å². The zero-order valence-electron chi connectivity index (χ0n) is 14.0. The number of hydrogen-bond acceptors (Lipinski definition) is 3. The predicted molar refractivity (Wildman–Crippen MR) is 112 cm³/mol. The predicted octanol–water partition coefficient (Wildman–Crippen LogP) is 3.79. The number of fused-ring (bicyclic) bond motifs is 1. The van der Waals surface area contributed by atoms with Crippen molar-refractivity contribution in [2.24, 2.45) is 0 Å². The van der Waals surface area contributed by atoms with Gasteiger partial charge in [0.25, 0.3) is 5.91 Å². The standard InChI is InChI=1S/C19H17BrN4OS/c1-2-21-19(26)24-23-18(25)15-11-17(12-7-9-13(20)10-8-12)22-16-6-4-3-5-14(15)16/h3-11H,2H2,1H3,(H,23,25)(H2,21,24,26). The van der Waals surface area contributed by atoms with Crippen molar-refractivity contribution in [3.8, 4) is 11.3 Å². The third kappa shape index (κ3) is 4.17. The number of carbonyl (C=O) groups excluding carboxylic acids is 1. The summed E-state index contributed by atoms with van der Waals surface area (Å²) in [5.41, 5.74) is 8.29. The van der Waals surface area contributed by atoms with Gasteiger partial charge in [0.1, 0.15) is 0 Å². The lowest BCUT2D eigenvalue weighted by Gasteiger charge is -2.13. The summed E-state index contributed by atoms with van der Waals surface area (Å²) in [7, 11) is 0. The topological polar surface area (TPSA) is 66.0 Å². The molecular formula is C19H17BrN4OS. The van der Waals surface area contributed by atoms with Gasteiger partial charge in [-0.15, -0.1) is 0 Å². The van der Waals surface area contributed by atoms with Gasteiger partial charge in [-0.1, -0.05) is 46.3 Å².